The van der Waals surface area contributed by atoms with Crippen molar-refractivity contribution in [3.8, 4) is 0 Å². The minimum Gasteiger partial charge on any atom is -0.466 e. The monoisotopic (exact) mass is 344 g/mol. The Kier molecular flexibility index (Phi) is 6.77. The third-order valence-electron chi connectivity index (χ3n) is 2.07. The average Bonchev–Trinajstić information content (AvgIpc) is 2.42. The van der Waals surface area contributed by atoms with E-state index in [1.807, 2.05) is 0 Å². The lowest BCUT2D eigenvalue weighted by Gasteiger charge is -2.30. The highest BCUT2D eigenvalue weighted by molar-refractivity contribution is 5.91. The van der Waals surface area contributed by atoms with E-state index in [9.17, 15) is 44.7 Å². The first kappa shape index (κ1) is 20.1. The van der Waals surface area contributed by atoms with Crippen LogP contribution in [0.3, 0.4) is 0 Å². The minimum absolute atomic E-state index is 0.0483. The predicted molar refractivity (Wildman–Crippen MR) is 52.9 cm³/mol. The summed E-state index contributed by atoms with van der Waals surface area (Å²) in [7, 11) is 0.858. The van der Waals surface area contributed by atoms with E-state index in [4.69, 9.17) is 0 Å². The number of alkyl halides is 8. The summed E-state index contributed by atoms with van der Waals surface area (Å²) in [4.78, 5) is 21.3. The van der Waals surface area contributed by atoms with Crippen LogP contribution in [-0.2, 0) is 19.1 Å². The Balaban J connectivity index is 5.02. The number of carbonyl (C=O) groups is 2. The van der Waals surface area contributed by atoms with Gasteiger partial charge in [-0.1, -0.05) is 0 Å². The molecule has 0 fully saturated rings. The summed E-state index contributed by atoms with van der Waals surface area (Å²) in [5.41, 5.74) is 0. The fourth-order valence-electron chi connectivity index (χ4n) is 0.913. The fraction of sp³-hybridized carbons (Fsp3) is 0.600. The topological polar surface area (TPSA) is 52.6 Å². The van der Waals surface area contributed by atoms with Crippen LogP contribution < -0.4 is 0 Å². The summed E-state index contributed by atoms with van der Waals surface area (Å²) < 4.78 is 107. The number of hydrogen-bond acceptors (Lipinski definition) is 4. The Labute approximate surface area is 117 Å². The molecule has 22 heavy (non-hydrogen) atoms. The quantitative estimate of drug-likeness (QED) is 0.404. The normalized spacial score (nSPS) is 15.7. The van der Waals surface area contributed by atoms with Crippen molar-refractivity contribution < 1.29 is 54.2 Å². The van der Waals surface area contributed by atoms with E-state index in [0.29, 0.717) is 0 Å². The Morgan fingerprint density at radius 1 is 0.909 bits per heavy atom. The number of methoxy groups -OCH3 is 1. The second kappa shape index (κ2) is 7.40. The lowest BCUT2D eigenvalue weighted by atomic mass is 10.1. The van der Waals surface area contributed by atoms with E-state index in [1.54, 1.807) is 0 Å². The molecule has 0 radical (unpaired) electrons. The fourth-order valence-corrected chi connectivity index (χ4v) is 0.913. The van der Waals surface area contributed by atoms with Crippen molar-refractivity contribution in [2.45, 2.75) is 30.8 Å². The highest BCUT2D eigenvalue weighted by Gasteiger charge is 2.70. The highest BCUT2D eigenvalue weighted by Crippen LogP contribution is 2.44. The molecule has 0 aliphatic rings. The zero-order chi connectivity index (χ0) is 17.7. The van der Waals surface area contributed by atoms with Crippen LogP contribution >= 0.6 is 0 Å². The molecular formula is C10H8F8O4. The van der Waals surface area contributed by atoms with Gasteiger partial charge >= 0.3 is 30.1 Å². The van der Waals surface area contributed by atoms with Gasteiger partial charge in [0.05, 0.1) is 7.11 Å². The van der Waals surface area contributed by atoms with E-state index in [0.717, 1.165) is 7.11 Å². The summed E-state index contributed by atoms with van der Waals surface area (Å²) in [6, 6.07) is 0. The van der Waals surface area contributed by atoms with Gasteiger partial charge in [0.1, 0.15) is 0 Å². The lowest BCUT2D eigenvalue weighted by Crippen LogP contribution is -2.56. The SMILES string of the molecule is COC(=O)C=CC(=O)OC(F)C(F)(F)C(F)(F)C(F)C(F)F. The van der Waals surface area contributed by atoms with Crippen molar-refractivity contribution in [3.05, 3.63) is 12.2 Å². The maximum Gasteiger partial charge on any atom is 0.378 e. The molecule has 0 aromatic heterocycles. The average molecular weight is 344 g/mol. The number of hydrogen-bond donors (Lipinski definition) is 0. The summed E-state index contributed by atoms with van der Waals surface area (Å²) in [5.74, 6) is -15.4. The number of ether oxygens (including phenoxy) is 2. The van der Waals surface area contributed by atoms with Gasteiger partial charge in [-0.25, -0.2) is 22.8 Å². The van der Waals surface area contributed by atoms with Gasteiger partial charge in [-0.05, 0) is 0 Å². The smallest absolute Gasteiger partial charge is 0.378 e. The molecule has 0 aliphatic heterocycles. The first-order chi connectivity index (χ1) is 9.87. The summed E-state index contributed by atoms with van der Waals surface area (Å²) in [6.45, 7) is 0. The largest absolute Gasteiger partial charge is 0.466 e. The second-order valence-corrected chi connectivity index (χ2v) is 3.59. The first-order valence-electron chi connectivity index (χ1n) is 5.16. The molecule has 2 atom stereocenters. The molecule has 0 saturated carbocycles. The van der Waals surface area contributed by atoms with Gasteiger partial charge in [0.2, 0.25) is 6.17 Å². The maximum absolute atomic E-state index is 12.9. The Hall–Kier alpha value is -1.88. The Bertz CT molecular complexity index is 437. The highest BCUT2D eigenvalue weighted by atomic mass is 19.3. The maximum atomic E-state index is 12.9. The standard InChI is InChI=1S/C10H8F8O4/c1-21-4(19)2-3-5(20)22-8(14)10(17,18)9(15,16)6(11)7(12)13/h2-3,6-8H,1H3. The predicted octanol–water partition coefficient (Wildman–Crippen LogP) is 2.43. The van der Waals surface area contributed by atoms with Crippen LogP contribution in [0, 0.1) is 0 Å². The molecule has 2 unspecified atom stereocenters. The number of rotatable bonds is 7. The molecule has 12 heteroatoms. The van der Waals surface area contributed by atoms with Crippen LogP contribution in [0.1, 0.15) is 0 Å². The summed E-state index contributed by atoms with van der Waals surface area (Å²) in [5, 5.41) is 0. The van der Waals surface area contributed by atoms with Gasteiger partial charge < -0.3 is 9.47 Å². The van der Waals surface area contributed by atoms with Crippen LogP contribution in [0.15, 0.2) is 12.2 Å². The van der Waals surface area contributed by atoms with Crippen molar-refractivity contribution in [2.24, 2.45) is 0 Å². The molecule has 0 aromatic carbocycles. The Morgan fingerprint density at radius 2 is 1.36 bits per heavy atom. The van der Waals surface area contributed by atoms with Crippen LogP contribution in [-0.4, -0.2) is 49.8 Å². The molecule has 0 aliphatic carbocycles. The van der Waals surface area contributed by atoms with Gasteiger partial charge in [0.25, 0.3) is 6.43 Å². The van der Waals surface area contributed by atoms with E-state index in [1.165, 1.54) is 0 Å². The molecule has 0 amide bonds. The van der Waals surface area contributed by atoms with Crippen LogP contribution in [0.2, 0.25) is 0 Å². The lowest BCUT2D eigenvalue weighted by molar-refractivity contribution is -0.312. The van der Waals surface area contributed by atoms with E-state index < -0.39 is 42.7 Å². The molecule has 0 saturated heterocycles. The number of esters is 2. The molecule has 0 heterocycles. The van der Waals surface area contributed by atoms with Crippen LogP contribution in [0.25, 0.3) is 0 Å². The van der Waals surface area contributed by atoms with Gasteiger partial charge in [0.15, 0.2) is 0 Å². The van der Waals surface area contributed by atoms with Crippen LogP contribution in [0.5, 0.6) is 0 Å². The van der Waals surface area contributed by atoms with Crippen molar-refractivity contribution in [1.29, 1.82) is 0 Å². The molecule has 0 rings (SSSR count). The van der Waals surface area contributed by atoms with Gasteiger partial charge in [0, 0.05) is 12.2 Å². The molecule has 0 bridgehead atoms. The molecule has 4 nitrogen and oxygen atoms in total. The molecule has 0 aromatic rings. The molecule has 0 N–H and O–H groups in total. The van der Waals surface area contributed by atoms with Gasteiger partial charge in [-0.15, -0.1) is 0 Å². The zero-order valence-corrected chi connectivity index (χ0v) is 10.5. The van der Waals surface area contributed by atoms with E-state index in [2.05, 4.69) is 9.47 Å². The molecule has 0 spiro atoms. The second-order valence-electron chi connectivity index (χ2n) is 3.59. The van der Waals surface area contributed by atoms with Crippen molar-refractivity contribution in [2.75, 3.05) is 7.11 Å². The van der Waals surface area contributed by atoms with E-state index in [-0.39, 0.29) is 12.2 Å². The van der Waals surface area contributed by atoms with Crippen molar-refractivity contribution in [1.82, 2.24) is 0 Å². The number of carbonyl (C=O) groups excluding carboxylic acids is 2. The van der Waals surface area contributed by atoms with Crippen molar-refractivity contribution >= 4 is 11.9 Å². The molecular weight excluding hydrogens is 336 g/mol. The summed E-state index contributed by atoms with van der Waals surface area (Å²) >= 11 is 0. The first-order valence-corrected chi connectivity index (χ1v) is 5.16. The van der Waals surface area contributed by atoms with Gasteiger partial charge in [-0.3, -0.25) is 0 Å². The third-order valence-corrected chi connectivity index (χ3v) is 2.07. The number of halogens is 8. The zero-order valence-electron chi connectivity index (χ0n) is 10.5. The van der Waals surface area contributed by atoms with Gasteiger partial charge in [-0.2, -0.15) is 22.0 Å². The van der Waals surface area contributed by atoms with Crippen molar-refractivity contribution in [3.63, 3.8) is 0 Å². The minimum atomic E-state index is -6.15. The summed E-state index contributed by atoms with van der Waals surface area (Å²) in [6.07, 6.45) is -13.3. The molecule has 128 valence electrons. The van der Waals surface area contributed by atoms with Crippen LogP contribution in [0.4, 0.5) is 35.1 Å². The Morgan fingerprint density at radius 3 is 1.77 bits per heavy atom. The van der Waals surface area contributed by atoms with E-state index >= 15 is 0 Å². The third kappa shape index (κ3) is 4.56.